The van der Waals surface area contributed by atoms with E-state index in [1.807, 2.05) is 12.1 Å². The normalized spacial score (nSPS) is 11.6. The van der Waals surface area contributed by atoms with Gasteiger partial charge in [0.2, 0.25) is 5.56 Å². The Kier molecular flexibility index (Phi) is 6.84. The number of nitrogens with one attached hydrogen (secondary N) is 1. The molecule has 0 aliphatic rings. The number of nitrogens with zero attached hydrogens (tertiary/aromatic N) is 3. The highest BCUT2D eigenvalue weighted by Crippen LogP contribution is 2.31. The quantitative estimate of drug-likeness (QED) is 0.457. The van der Waals surface area contributed by atoms with Crippen molar-refractivity contribution in [2.24, 2.45) is 5.73 Å². The van der Waals surface area contributed by atoms with Crippen LogP contribution < -0.4 is 17.0 Å². The third kappa shape index (κ3) is 4.66. The number of H-pyrrole nitrogens is 1. The lowest BCUT2D eigenvalue weighted by Gasteiger charge is -2.03. The van der Waals surface area contributed by atoms with Gasteiger partial charge in [-0.05, 0) is 41.5 Å². The van der Waals surface area contributed by atoms with Gasteiger partial charge in [-0.2, -0.15) is 5.10 Å². The van der Waals surface area contributed by atoms with E-state index in [0.717, 1.165) is 14.4 Å². The van der Waals surface area contributed by atoms with Crippen molar-refractivity contribution in [3.63, 3.8) is 0 Å². The van der Waals surface area contributed by atoms with Crippen LogP contribution in [0.2, 0.25) is 0 Å². The molecule has 0 fully saturated rings. The summed E-state index contributed by atoms with van der Waals surface area (Å²) in [4.78, 5) is 28.0. The molecule has 0 spiro atoms. The van der Waals surface area contributed by atoms with Crippen LogP contribution >= 0.6 is 23.7 Å². The van der Waals surface area contributed by atoms with E-state index in [-0.39, 0.29) is 54.4 Å². The van der Waals surface area contributed by atoms with Gasteiger partial charge in [0.05, 0.1) is 24.9 Å². The van der Waals surface area contributed by atoms with E-state index in [4.69, 9.17) is 5.73 Å². The number of rotatable bonds is 6. The summed E-state index contributed by atoms with van der Waals surface area (Å²) in [5, 5.41) is 4.59. The molecule has 162 valence electrons. The van der Waals surface area contributed by atoms with Crippen LogP contribution in [0.1, 0.15) is 4.88 Å². The second-order valence-electron chi connectivity index (χ2n) is 6.68. The van der Waals surface area contributed by atoms with Crippen LogP contribution in [-0.2, 0) is 13.1 Å². The molecule has 7 nitrogen and oxygen atoms in total. The van der Waals surface area contributed by atoms with Crippen LogP contribution in [0.4, 0.5) is 8.78 Å². The Hall–Kier alpha value is -3.08. The van der Waals surface area contributed by atoms with E-state index < -0.39 is 5.82 Å². The largest absolute Gasteiger partial charge is 0.346 e. The Labute approximate surface area is 184 Å². The highest BCUT2D eigenvalue weighted by molar-refractivity contribution is 7.15. The van der Waals surface area contributed by atoms with Crippen molar-refractivity contribution in [3.05, 3.63) is 86.2 Å². The summed E-state index contributed by atoms with van der Waals surface area (Å²) in [6.07, 6.45) is 1.77. The second-order valence-corrected chi connectivity index (χ2v) is 7.85. The van der Waals surface area contributed by atoms with Crippen LogP contribution in [0.15, 0.2) is 64.2 Å². The van der Waals surface area contributed by atoms with Gasteiger partial charge in [-0.1, -0.05) is 0 Å². The third-order valence-electron chi connectivity index (χ3n) is 4.62. The van der Waals surface area contributed by atoms with E-state index in [1.165, 1.54) is 34.4 Å². The molecule has 0 bridgehead atoms. The first-order valence-corrected chi connectivity index (χ1v) is 9.82. The highest BCUT2D eigenvalue weighted by Gasteiger charge is 2.11. The molecular weight excluding hydrogens is 448 g/mol. The van der Waals surface area contributed by atoms with Crippen molar-refractivity contribution in [2.45, 2.75) is 13.1 Å². The summed E-state index contributed by atoms with van der Waals surface area (Å²) < 4.78 is 29.7. The van der Waals surface area contributed by atoms with Crippen molar-refractivity contribution < 1.29 is 8.78 Å². The molecule has 11 heteroatoms. The van der Waals surface area contributed by atoms with Crippen molar-refractivity contribution >= 4 is 34.6 Å². The molecule has 0 atom stereocenters. The Morgan fingerprint density at radius 3 is 2.77 bits per heavy atom. The minimum atomic E-state index is -0.510. The number of aromatic amines is 1. The van der Waals surface area contributed by atoms with E-state index in [0.29, 0.717) is 17.3 Å². The fourth-order valence-corrected chi connectivity index (χ4v) is 4.07. The first-order valence-electron chi connectivity index (χ1n) is 9.00. The number of thiophene rings is 1. The summed E-state index contributed by atoms with van der Waals surface area (Å²) in [5.74, 6) is -0.510. The summed E-state index contributed by atoms with van der Waals surface area (Å²) in [6, 6.07) is 9.79. The third-order valence-corrected chi connectivity index (χ3v) is 5.74. The van der Waals surface area contributed by atoms with Gasteiger partial charge in [0.25, 0.3) is 0 Å². The van der Waals surface area contributed by atoms with Gasteiger partial charge in [-0.15, -0.1) is 23.7 Å². The highest BCUT2D eigenvalue weighted by atomic mass is 35.5. The number of hydrogen-bond acceptors (Lipinski definition) is 5. The van der Waals surface area contributed by atoms with Gasteiger partial charge in [0, 0.05) is 27.8 Å². The van der Waals surface area contributed by atoms with Gasteiger partial charge >= 0.3 is 5.69 Å². The zero-order chi connectivity index (χ0) is 21.3. The molecule has 4 aromatic rings. The smallest absolute Gasteiger partial charge is 0.327 e. The van der Waals surface area contributed by atoms with E-state index >= 15 is 0 Å². The van der Waals surface area contributed by atoms with E-state index in [1.54, 1.807) is 12.1 Å². The molecule has 0 aliphatic carbocycles. The van der Waals surface area contributed by atoms with Crippen LogP contribution in [0, 0.1) is 5.82 Å². The van der Waals surface area contributed by atoms with E-state index in [2.05, 4.69) is 10.1 Å². The monoisotopic (exact) mass is 465 g/mol. The Morgan fingerprint density at radius 1 is 1.23 bits per heavy atom. The number of pyridine rings is 1. The molecule has 3 heterocycles. The lowest BCUT2D eigenvalue weighted by molar-refractivity contribution is 0.604. The lowest BCUT2D eigenvalue weighted by Crippen LogP contribution is -2.26. The average molecular weight is 466 g/mol. The first-order chi connectivity index (χ1) is 14.5. The molecule has 3 N–H and O–H groups in total. The molecule has 0 amide bonds. The topological polar surface area (TPSA) is 98.7 Å². The van der Waals surface area contributed by atoms with Crippen molar-refractivity contribution in [3.8, 4) is 10.4 Å². The van der Waals surface area contributed by atoms with Crippen molar-refractivity contribution in [2.75, 3.05) is 6.54 Å². The molecule has 3 aromatic heterocycles. The predicted octanol–water partition coefficient (Wildman–Crippen LogP) is 3.04. The minimum absolute atomic E-state index is 0. The number of hydrogen-bond donors (Lipinski definition) is 2. The summed E-state index contributed by atoms with van der Waals surface area (Å²) in [7, 11) is 0. The molecule has 0 saturated carbocycles. The Morgan fingerprint density at radius 2 is 2.03 bits per heavy atom. The fraction of sp³-hybridized carbons (Fsp3) is 0.150. The molecule has 0 unspecified atom stereocenters. The summed E-state index contributed by atoms with van der Waals surface area (Å²) in [5.41, 5.74) is 5.79. The maximum absolute atomic E-state index is 14.4. The Bertz CT molecular complexity index is 1370. The minimum Gasteiger partial charge on any atom is -0.327 e. The number of benzene rings is 1. The van der Waals surface area contributed by atoms with E-state index in [9.17, 15) is 18.4 Å². The zero-order valence-electron chi connectivity index (χ0n) is 16.0. The molecular formula is C20H18ClF2N5O2S. The van der Waals surface area contributed by atoms with Gasteiger partial charge < -0.3 is 10.7 Å². The molecule has 4 rings (SSSR count). The molecule has 31 heavy (non-hydrogen) atoms. The molecule has 0 saturated heterocycles. The van der Waals surface area contributed by atoms with Crippen LogP contribution in [-0.4, -0.2) is 25.9 Å². The van der Waals surface area contributed by atoms with Crippen LogP contribution in [0.25, 0.3) is 21.3 Å². The fourth-order valence-electron chi connectivity index (χ4n) is 3.07. The maximum atomic E-state index is 14.4. The number of fused-ring (bicyclic) bond motifs is 1. The SMILES string of the molecule is Cl.NC/C(=C\F)Cn1ncn(Cc2ccc(-c3cc(F)c4[nH]c(=O)ccc4c3)s2)c1=O. The van der Waals surface area contributed by atoms with Crippen LogP contribution in [0.3, 0.4) is 0 Å². The van der Waals surface area contributed by atoms with Gasteiger partial charge in [-0.25, -0.2) is 18.3 Å². The first kappa shape index (κ1) is 22.6. The Balaban J connectivity index is 0.00000272. The van der Waals surface area contributed by atoms with Crippen molar-refractivity contribution in [1.29, 1.82) is 0 Å². The molecule has 0 aliphatic heterocycles. The predicted molar refractivity (Wildman–Crippen MR) is 119 cm³/mol. The standard InChI is InChI=1S/C20H17F2N5O2S.ClH/c21-7-12(8-23)9-27-20(29)26(11-24-27)10-15-2-3-17(30-15)14-5-13-1-4-18(28)25-19(13)16(22)6-14;/h1-7,11H,8-10,23H2,(H,25,28);1H/b12-7+;. The number of nitrogens with two attached hydrogens (primary N) is 1. The van der Waals surface area contributed by atoms with Crippen molar-refractivity contribution in [1.82, 2.24) is 19.3 Å². The molecule has 0 radical (unpaired) electrons. The zero-order valence-corrected chi connectivity index (χ0v) is 17.7. The average Bonchev–Trinajstić information content (AvgIpc) is 3.34. The second kappa shape index (κ2) is 9.38. The summed E-state index contributed by atoms with van der Waals surface area (Å²) >= 11 is 1.42. The van der Waals surface area contributed by atoms with Gasteiger partial charge in [0.15, 0.2) is 0 Å². The summed E-state index contributed by atoms with van der Waals surface area (Å²) in [6.45, 7) is 0.275. The van der Waals surface area contributed by atoms with Gasteiger partial charge in [-0.3, -0.25) is 9.36 Å². The number of aromatic nitrogens is 4. The van der Waals surface area contributed by atoms with Crippen LogP contribution in [0.5, 0.6) is 0 Å². The van der Waals surface area contributed by atoms with Gasteiger partial charge in [0.1, 0.15) is 12.1 Å². The lowest BCUT2D eigenvalue weighted by atomic mass is 10.1. The number of halogens is 3. The maximum Gasteiger partial charge on any atom is 0.346 e. The molecule has 1 aromatic carbocycles.